The van der Waals surface area contributed by atoms with Crippen molar-refractivity contribution >= 4 is 57.5 Å². The molecule has 1 heterocycles. The number of carbonyl (C=O) groups is 2. The Hall–Kier alpha value is -3.26. The summed E-state index contributed by atoms with van der Waals surface area (Å²) in [5.74, 6) is -3.27. The summed E-state index contributed by atoms with van der Waals surface area (Å²) in [5, 5.41) is 31.2. The van der Waals surface area contributed by atoms with Gasteiger partial charge in [-0.15, -0.1) is 0 Å². The number of anilines is 2. The highest BCUT2D eigenvalue weighted by atomic mass is 35.5. The number of carbonyl (C=O) groups excluding carboxylic acids is 2. The van der Waals surface area contributed by atoms with Gasteiger partial charge in [0.15, 0.2) is 0 Å². The number of halogens is 2. The van der Waals surface area contributed by atoms with E-state index in [2.05, 4.69) is 15.3 Å². The molecule has 0 saturated carbocycles. The van der Waals surface area contributed by atoms with Crippen LogP contribution < -0.4 is 21.6 Å². The van der Waals surface area contributed by atoms with Crippen LogP contribution in [0.15, 0.2) is 41.2 Å². The average molecular weight is 511 g/mol. The summed E-state index contributed by atoms with van der Waals surface area (Å²) >= 11 is 12.1. The number of nitrogens with zero attached hydrogens (tertiary/aromatic N) is 2. The van der Waals surface area contributed by atoms with Gasteiger partial charge >= 0.3 is 5.97 Å². The predicted molar refractivity (Wildman–Crippen MR) is 123 cm³/mol. The summed E-state index contributed by atoms with van der Waals surface area (Å²) in [7, 11) is 1.08. The lowest BCUT2D eigenvalue weighted by atomic mass is 9.94. The van der Waals surface area contributed by atoms with E-state index in [0.717, 1.165) is 19.2 Å². The second-order valence-corrected chi connectivity index (χ2v) is 7.83. The van der Waals surface area contributed by atoms with Gasteiger partial charge in [0, 0.05) is 6.42 Å². The molecule has 1 aromatic heterocycles. The molecule has 0 radical (unpaired) electrons. The van der Waals surface area contributed by atoms with E-state index < -0.39 is 34.6 Å². The van der Waals surface area contributed by atoms with Crippen LogP contribution in [-0.4, -0.2) is 45.4 Å². The summed E-state index contributed by atoms with van der Waals surface area (Å²) < 4.78 is 4.75. The van der Waals surface area contributed by atoms with Gasteiger partial charge in [0.2, 0.25) is 5.91 Å². The zero-order valence-electron chi connectivity index (χ0n) is 17.4. The monoisotopic (exact) mass is 510 g/mol. The largest absolute Gasteiger partial charge is 0.733 e. The Labute approximate surface area is 201 Å². The molecule has 12 nitrogen and oxygen atoms in total. The Morgan fingerprint density at radius 1 is 1.26 bits per heavy atom. The van der Waals surface area contributed by atoms with Gasteiger partial charge in [0.25, 0.3) is 5.56 Å². The molecule has 2 aromatic carbocycles. The number of ether oxygens (including phenoxy) is 1. The number of amides is 1. The Kier molecular flexibility index (Phi) is 8.04. The van der Waals surface area contributed by atoms with E-state index in [1.165, 1.54) is 0 Å². The highest BCUT2D eigenvalue weighted by Crippen LogP contribution is 2.35. The van der Waals surface area contributed by atoms with E-state index in [1.54, 1.807) is 29.7 Å². The standard InChI is InChI=1S/C20H18Cl2N5O7/c1-34-20(30)10(8-15-18(28)24-14-5-3-2-4-13(14)23-15)16(26-31)19(29)25-17-11(21)6-9(27(32)33)7-12(17)22/h2-7,10,16,26,31-32H,8H2,1H3,(H,24,28)(H,25,29)/q-1. The van der Waals surface area contributed by atoms with Gasteiger partial charge in [-0.25, -0.2) is 4.98 Å². The molecular weight excluding hydrogens is 493 g/mol. The van der Waals surface area contributed by atoms with Gasteiger partial charge in [-0.2, -0.15) is 5.48 Å². The molecule has 3 rings (SSSR count). The summed E-state index contributed by atoms with van der Waals surface area (Å²) in [4.78, 5) is 44.8. The maximum Gasteiger partial charge on any atom is 0.311 e. The first-order valence-electron chi connectivity index (χ1n) is 9.57. The summed E-state index contributed by atoms with van der Waals surface area (Å²) in [5.41, 5.74) is 1.58. The van der Waals surface area contributed by atoms with Crippen LogP contribution in [0, 0.1) is 11.1 Å². The Morgan fingerprint density at radius 3 is 2.50 bits per heavy atom. The molecule has 0 bridgehead atoms. The lowest BCUT2D eigenvalue weighted by Crippen LogP contribution is -2.49. The number of aromatic amines is 1. The highest BCUT2D eigenvalue weighted by Gasteiger charge is 2.36. The molecule has 0 aliphatic carbocycles. The topological polar surface area (TPSA) is 180 Å². The Bertz CT molecular complexity index is 1260. The van der Waals surface area contributed by atoms with E-state index >= 15 is 0 Å². The second kappa shape index (κ2) is 10.8. The van der Waals surface area contributed by atoms with Gasteiger partial charge in [-0.05, 0) is 24.3 Å². The van der Waals surface area contributed by atoms with Crippen LogP contribution in [-0.2, 0) is 20.7 Å². The van der Waals surface area contributed by atoms with Gasteiger partial charge < -0.3 is 30.7 Å². The number of fused-ring (bicyclic) bond motifs is 1. The van der Waals surface area contributed by atoms with Gasteiger partial charge in [-0.1, -0.05) is 35.3 Å². The first-order valence-corrected chi connectivity index (χ1v) is 10.3. The molecule has 0 aliphatic rings. The number of nitrogens with one attached hydrogen (secondary N) is 3. The molecule has 1 amide bonds. The maximum atomic E-state index is 12.9. The zero-order valence-corrected chi connectivity index (χ0v) is 18.9. The summed E-state index contributed by atoms with van der Waals surface area (Å²) in [6.07, 6.45) is -0.367. The minimum absolute atomic E-state index is 0.0685. The molecule has 5 N–H and O–H groups in total. The van der Waals surface area contributed by atoms with Crippen LogP contribution in [0.4, 0.5) is 11.4 Å². The Balaban J connectivity index is 1.92. The quantitative estimate of drug-likeness (QED) is 0.222. The van der Waals surface area contributed by atoms with E-state index in [1.807, 2.05) is 0 Å². The number of hydrogen-bond donors (Lipinski definition) is 5. The third kappa shape index (κ3) is 5.44. The average Bonchev–Trinajstić information content (AvgIpc) is 2.80. The molecule has 180 valence electrons. The van der Waals surface area contributed by atoms with Crippen LogP contribution in [0.2, 0.25) is 10.0 Å². The first-order chi connectivity index (χ1) is 16.2. The summed E-state index contributed by atoms with van der Waals surface area (Å²) in [6.45, 7) is 0. The molecular formula is C20H18Cl2N5O7-. The molecule has 0 fully saturated rings. The zero-order chi connectivity index (χ0) is 25.0. The lowest BCUT2D eigenvalue weighted by molar-refractivity contribution is -0.150. The van der Waals surface area contributed by atoms with Crippen molar-refractivity contribution in [3.63, 3.8) is 0 Å². The Morgan fingerprint density at radius 2 is 1.91 bits per heavy atom. The van der Waals surface area contributed by atoms with Crippen molar-refractivity contribution in [2.45, 2.75) is 12.5 Å². The van der Waals surface area contributed by atoms with Crippen molar-refractivity contribution in [1.29, 1.82) is 0 Å². The molecule has 14 heteroatoms. The van der Waals surface area contributed by atoms with E-state index in [-0.39, 0.29) is 33.5 Å². The number of esters is 1. The number of benzene rings is 2. The normalized spacial score (nSPS) is 12.8. The molecule has 0 saturated heterocycles. The maximum absolute atomic E-state index is 12.9. The first kappa shape index (κ1) is 25.4. The number of para-hydroxylation sites is 2. The fourth-order valence-electron chi connectivity index (χ4n) is 3.22. The van der Waals surface area contributed by atoms with Gasteiger partial charge in [-0.3, -0.25) is 19.6 Å². The van der Waals surface area contributed by atoms with Gasteiger partial charge in [0.05, 0.1) is 45.5 Å². The molecule has 0 aliphatic heterocycles. The third-order valence-corrected chi connectivity index (χ3v) is 5.50. The van der Waals surface area contributed by atoms with Crippen LogP contribution in [0.5, 0.6) is 0 Å². The van der Waals surface area contributed by atoms with Crippen molar-refractivity contribution in [2.75, 3.05) is 17.7 Å². The number of H-pyrrole nitrogens is 1. The third-order valence-electron chi connectivity index (χ3n) is 4.91. The van der Waals surface area contributed by atoms with Crippen molar-refractivity contribution in [3.8, 4) is 0 Å². The SMILES string of the molecule is COC(=O)C(Cc1nc2ccccc2[nH]c1=O)C(NO)C(=O)Nc1c(Cl)cc(N([O-])O)cc1Cl. The number of hydrogen-bond acceptors (Lipinski definition) is 10. The molecule has 2 atom stereocenters. The lowest BCUT2D eigenvalue weighted by Gasteiger charge is -2.25. The second-order valence-electron chi connectivity index (χ2n) is 7.02. The highest BCUT2D eigenvalue weighted by molar-refractivity contribution is 6.40. The molecule has 34 heavy (non-hydrogen) atoms. The number of hydroxylamine groups is 1. The number of aromatic nitrogens is 2. The van der Waals surface area contributed by atoms with E-state index in [4.69, 9.17) is 33.1 Å². The van der Waals surface area contributed by atoms with E-state index in [9.17, 15) is 24.8 Å². The minimum atomic E-state index is -1.62. The van der Waals surface area contributed by atoms with E-state index in [0.29, 0.717) is 11.0 Å². The van der Waals surface area contributed by atoms with Crippen molar-refractivity contribution in [3.05, 3.63) is 67.7 Å². The molecule has 0 spiro atoms. The smallest absolute Gasteiger partial charge is 0.311 e. The van der Waals surface area contributed by atoms with Crippen molar-refractivity contribution in [1.82, 2.24) is 15.4 Å². The minimum Gasteiger partial charge on any atom is -0.733 e. The van der Waals surface area contributed by atoms with Crippen molar-refractivity contribution < 1.29 is 24.7 Å². The van der Waals surface area contributed by atoms with Crippen molar-refractivity contribution in [2.24, 2.45) is 5.92 Å². The van der Waals surface area contributed by atoms with Crippen LogP contribution in [0.25, 0.3) is 11.0 Å². The van der Waals surface area contributed by atoms with Crippen LogP contribution in [0.1, 0.15) is 5.69 Å². The molecule has 3 aromatic rings. The number of methoxy groups -OCH3 is 1. The van der Waals surface area contributed by atoms with Crippen LogP contribution >= 0.6 is 23.2 Å². The van der Waals surface area contributed by atoms with Gasteiger partial charge in [0.1, 0.15) is 11.7 Å². The fraction of sp³-hybridized carbons (Fsp3) is 0.200. The number of rotatable bonds is 8. The summed E-state index contributed by atoms with van der Waals surface area (Å²) in [6, 6.07) is 7.17. The van der Waals surface area contributed by atoms with Crippen LogP contribution in [0.3, 0.4) is 0 Å². The predicted octanol–water partition coefficient (Wildman–Crippen LogP) is 2.24. The fourth-order valence-corrected chi connectivity index (χ4v) is 3.79. The molecule has 2 unspecified atom stereocenters.